The molecule has 0 bridgehead atoms. The molecule has 0 aliphatic carbocycles. The van der Waals surface area contributed by atoms with Crippen molar-refractivity contribution in [1.82, 2.24) is 4.90 Å². The largest absolute Gasteiger partial charge is 0.396 e. The Labute approximate surface area is 75.6 Å². The van der Waals surface area contributed by atoms with Crippen LogP contribution in [0.4, 0.5) is 0 Å². The average molecular weight is 171 g/mol. The molecule has 0 aromatic rings. The summed E-state index contributed by atoms with van der Waals surface area (Å²) >= 11 is 0. The van der Waals surface area contributed by atoms with E-state index >= 15 is 0 Å². The minimum Gasteiger partial charge on any atom is -0.396 e. The van der Waals surface area contributed by atoms with E-state index < -0.39 is 0 Å². The molecular weight excluding hydrogens is 150 g/mol. The fourth-order valence-electron chi connectivity index (χ4n) is 1.83. The number of hydrogen-bond donors (Lipinski definition) is 1. The van der Waals surface area contributed by atoms with Crippen molar-refractivity contribution in [3.05, 3.63) is 0 Å². The van der Waals surface area contributed by atoms with Crippen LogP contribution in [0.25, 0.3) is 0 Å². The first-order valence-corrected chi connectivity index (χ1v) is 5.26. The van der Waals surface area contributed by atoms with Crippen molar-refractivity contribution in [2.45, 2.75) is 38.5 Å². The molecule has 1 N–H and O–H groups in total. The number of hydrogen-bond acceptors (Lipinski definition) is 2. The van der Waals surface area contributed by atoms with Gasteiger partial charge in [0.15, 0.2) is 0 Å². The number of aliphatic hydroxyl groups excluding tert-OH is 1. The molecule has 12 heavy (non-hydrogen) atoms. The van der Waals surface area contributed by atoms with Gasteiger partial charge in [-0.05, 0) is 32.4 Å². The van der Waals surface area contributed by atoms with Crippen molar-refractivity contribution in [3.8, 4) is 0 Å². The molecule has 0 aromatic heterocycles. The molecule has 1 aliphatic heterocycles. The summed E-state index contributed by atoms with van der Waals surface area (Å²) in [4.78, 5) is 2.50. The third-order valence-electron chi connectivity index (χ3n) is 2.58. The number of aliphatic hydroxyl groups is 1. The summed E-state index contributed by atoms with van der Waals surface area (Å²) in [7, 11) is 0. The minimum atomic E-state index is 0.344. The Morgan fingerprint density at radius 2 is 1.50 bits per heavy atom. The van der Waals surface area contributed by atoms with Gasteiger partial charge in [-0.15, -0.1) is 0 Å². The summed E-state index contributed by atoms with van der Waals surface area (Å²) < 4.78 is 0. The molecule has 0 unspecified atom stereocenters. The third-order valence-corrected chi connectivity index (χ3v) is 2.58. The highest BCUT2D eigenvalue weighted by atomic mass is 16.3. The van der Waals surface area contributed by atoms with Gasteiger partial charge in [0.2, 0.25) is 0 Å². The van der Waals surface area contributed by atoms with Crippen LogP contribution in [0.15, 0.2) is 0 Å². The molecule has 2 heteroatoms. The van der Waals surface area contributed by atoms with Crippen LogP contribution in [0.5, 0.6) is 0 Å². The zero-order valence-corrected chi connectivity index (χ0v) is 7.97. The first-order chi connectivity index (χ1) is 5.93. The van der Waals surface area contributed by atoms with Crippen molar-refractivity contribution < 1.29 is 5.11 Å². The van der Waals surface area contributed by atoms with Crippen molar-refractivity contribution in [2.75, 3.05) is 26.2 Å². The second-order valence-corrected chi connectivity index (χ2v) is 3.69. The Balaban J connectivity index is 2.11. The normalized spacial score (nSPS) is 21.8. The monoisotopic (exact) mass is 171 g/mol. The Kier molecular flexibility index (Phi) is 5.37. The van der Waals surface area contributed by atoms with Crippen LogP contribution in [-0.2, 0) is 0 Å². The zero-order valence-electron chi connectivity index (χ0n) is 7.97. The van der Waals surface area contributed by atoms with E-state index in [-0.39, 0.29) is 0 Å². The molecule has 2 nitrogen and oxygen atoms in total. The molecule has 0 amide bonds. The van der Waals surface area contributed by atoms with Crippen molar-refractivity contribution in [3.63, 3.8) is 0 Å². The summed E-state index contributed by atoms with van der Waals surface area (Å²) in [6.07, 6.45) is 7.87. The van der Waals surface area contributed by atoms with E-state index in [1.807, 2.05) is 0 Å². The Hall–Kier alpha value is -0.0800. The molecule has 0 aromatic carbocycles. The summed E-state index contributed by atoms with van der Waals surface area (Å²) in [5.74, 6) is 0. The Bertz CT molecular complexity index is 95.3. The molecule has 1 fully saturated rings. The maximum atomic E-state index is 8.70. The predicted molar refractivity (Wildman–Crippen MR) is 51.2 cm³/mol. The molecule has 1 saturated heterocycles. The van der Waals surface area contributed by atoms with Gasteiger partial charge in [0.05, 0.1) is 0 Å². The highest BCUT2D eigenvalue weighted by Gasteiger charge is 2.06. The molecule has 72 valence electrons. The zero-order chi connectivity index (χ0) is 8.65. The van der Waals surface area contributed by atoms with Crippen LogP contribution in [0.2, 0.25) is 0 Å². The van der Waals surface area contributed by atoms with Crippen molar-refractivity contribution in [1.29, 1.82) is 0 Å². The first kappa shape index (κ1) is 10.0. The molecule has 0 spiro atoms. The standard InChI is InChI=1S/C10H21NO/c12-10-6-9-11-7-4-2-1-3-5-8-11/h12H,1-10H2. The van der Waals surface area contributed by atoms with Crippen LogP contribution >= 0.6 is 0 Å². The predicted octanol–water partition coefficient (Wildman–Crippen LogP) is 1.63. The number of nitrogens with zero attached hydrogens (tertiary/aromatic N) is 1. The average Bonchev–Trinajstić information content (AvgIpc) is 2.02. The van der Waals surface area contributed by atoms with Gasteiger partial charge in [0.1, 0.15) is 0 Å². The highest BCUT2D eigenvalue weighted by Crippen LogP contribution is 2.10. The van der Waals surface area contributed by atoms with Gasteiger partial charge in [-0.3, -0.25) is 0 Å². The van der Waals surface area contributed by atoms with E-state index in [1.165, 1.54) is 45.2 Å². The lowest BCUT2D eigenvalue weighted by molar-refractivity contribution is 0.211. The van der Waals surface area contributed by atoms with Gasteiger partial charge < -0.3 is 10.0 Å². The van der Waals surface area contributed by atoms with Crippen LogP contribution in [0.3, 0.4) is 0 Å². The quantitative estimate of drug-likeness (QED) is 0.697. The van der Waals surface area contributed by atoms with E-state index in [2.05, 4.69) is 4.90 Å². The van der Waals surface area contributed by atoms with E-state index in [1.54, 1.807) is 0 Å². The maximum Gasteiger partial charge on any atom is 0.0443 e. The van der Waals surface area contributed by atoms with Crippen LogP contribution < -0.4 is 0 Å². The van der Waals surface area contributed by atoms with Crippen molar-refractivity contribution >= 4 is 0 Å². The van der Waals surface area contributed by atoms with E-state index in [9.17, 15) is 0 Å². The maximum absolute atomic E-state index is 8.70. The number of likely N-dealkylation sites (tertiary alicyclic amines) is 1. The van der Waals surface area contributed by atoms with Crippen LogP contribution in [-0.4, -0.2) is 36.2 Å². The third kappa shape index (κ3) is 4.07. The van der Waals surface area contributed by atoms with Gasteiger partial charge >= 0.3 is 0 Å². The fourth-order valence-corrected chi connectivity index (χ4v) is 1.83. The first-order valence-electron chi connectivity index (χ1n) is 5.26. The summed E-state index contributed by atoms with van der Waals surface area (Å²) in [6, 6.07) is 0. The van der Waals surface area contributed by atoms with Crippen molar-refractivity contribution in [2.24, 2.45) is 0 Å². The molecule has 0 saturated carbocycles. The lowest BCUT2D eigenvalue weighted by Crippen LogP contribution is -2.28. The summed E-state index contributed by atoms with van der Waals surface area (Å²) in [5, 5.41) is 8.70. The van der Waals surface area contributed by atoms with Gasteiger partial charge in [0, 0.05) is 13.2 Å². The Morgan fingerprint density at radius 1 is 0.917 bits per heavy atom. The summed E-state index contributed by atoms with van der Waals surface area (Å²) in [5.41, 5.74) is 0. The smallest absolute Gasteiger partial charge is 0.0443 e. The second kappa shape index (κ2) is 6.44. The Morgan fingerprint density at radius 3 is 2.08 bits per heavy atom. The lowest BCUT2D eigenvalue weighted by Gasteiger charge is -2.23. The topological polar surface area (TPSA) is 23.5 Å². The molecule has 1 rings (SSSR count). The van der Waals surface area contributed by atoms with Gasteiger partial charge in [-0.1, -0.05) is 19.3 Å². The van der Waals surface area contributed by atoms with E-state index in [0.717, 1.165) is 13.0 Å². The van der Waals surface area contributed by atoms with Crippen LogP contribution in [0.1, 0.15) is 38.5 Å². The molecule has 0 radical (unpaired) electrons. The van der Waals surface area contributed by atoms with E-state index in [0.29, 0.717) is 6.61 Å². The van der Waals surface area contributed by atoms with Gasteiger partial charge in [-0.25, -0.2) is 0 Å². The molecule has 1 heterocycles. The van der Waals surface area contributed by atoms with E-state index in [4.69, 9.17) is 5.11 Å². The minimum absolute atomic E-state index is 0.344. The lowest BCUT2D eigenvalue weighted by atomic mass is 10.1. The number of rotatable bonds is 3. The van der Waals surface area contributed by atoms with Gasteiger partial charge in [-0.2, -0.15) is 0 Å². The molecule has 0 atom stereocenters. The molecular formula is C10H21NO. The molecule has 1 aliphatic rings. The SMILES string of the molecule is OCCCN1CCCCCCC1. The summed E-state index contributed by atoms with van der Waals surface area (Å²) in [6.45, 7) is 3.94. The second-order valence-electron chi connectivity index (χ2n) is 3.69. The van der Waals surface area contributed by atoms with Crippen LogP contribution in [0, 0.1) is 0 Å². The fraction of sp³-hybridized carbons (Fsp3) is 1.00. The highest BCUT2D eigenvalue weighted by molar-refractivity contribution is 4.61. The van der Waals surface area contributed by atoms with Gasteiger partial charge in [0.25, 0.3) is 0 Å².